The van der Waals surface area contributed by atoms with Crippen LogP contribution in [-0.4, -0.2) is 23.4 Å². The second-order valence-corrected chi connectivity index (χ2v) is 6.44. The molecule has 22 heavy (non-hydrogen) atoms. The van der Waals surface area contributed by atoms with Crippen molar-refractivity contribution in [2.75, 3.05) is 13.2 Å². The highest BCUT2D eigenvalue weighted by molar-refractivity contribution is 7.10. The van der Waals surface area contributed by atoms with Crippen molar-refractivity contribution in [2.24, 2.45) is 0 Å². The summed E-state index contributed by atoms with van der Waals surface area (Å²) in [5, 5.41) is 25.6. The molecule has 1 atom stereocenters. The number of nitrogens with one attached hydrogen (secondary N) is 1. The van der Waals surface area contributed by atoms with Gasteiger partial charge in [0.25, 0.3) is 0 Å². The van der Waals surface area contributed by atoms with E-state index >= 15 is 0 Å². The van der Waals surface area contributed by atoms with Crippen LogP contribution < -0.4 is 10.1 Å². The van der Waals surface area contributed by atoms with Gasteiger partial charge in [0, 0.05) is 29.6 Å². The summed E-state index contributed by atoms with van der Waals surface area (Å²) in [5.41, 5.74) is -0.126. The fourth-order valence-electron chi connectivity index (χ4n) is 2.12. The van der Waals surface area contributed by atoms with Crippen molar-refractivity contribution < 1.29 is 14.9 Å². The Kier molecular flexibility index (Phi) is 5.83. The quantitative estimate of drug-likeness (QED) is 0.698. The summed E-state index contributed by atoms with van der Waals surface area (Å²) in [6.07, 6.45) is 0.932. The van der Waals surface area contributed by atoms with Crippen LogP contribution in [0.1, 0.15) is 30.7 Å². The number of rotatable bonds is 8. The molecule has 0 aliphatic carbocycles. The van der Waals surface area contributed by atoms with Crippen molar-refractivity contribution in [3.05, 3.63) is 46.2 Å². The zero-order chi connectivity index (χ0) is 16.0. The van der Waals surface area contributed by atoms with Crippen LogP contribution in [0.4, 0.5) is 0 Å². The Morgan fingerprint density at radius 3 is 2.77 bits per heavy atom. The number of hydrogen-bond acceptors (Lipinski definition) is 5. The molecule has 1 heterocycles. The molecular formula is C17H23NO3S. The molecule has 0 spiro atoms. The van der Waals surface area contributed by atoms with E-state index in [4.69, 9.17) is 4.74 Å². The van der Waals surface area contributed by atoms with Gasteiger partial charge < -0.3 is 20.3 Å². The third kappa shape index (κ3) is 4.47. The first-order chi connectivity index (χ1) is 10.5. The number of aliphatic hydroxyl groups is 1. The van der Waals surface area contributed by atoms with Crippen molar-refractivity contribution in [2.45, 2.75) is 32.4 Å². The van der Waals surface area contributed by atoms with E-state index in [1.165, 1.54) is 11.3 Å². The first-order valence-electron chi connectivity index (χ1n) is 7.44. The number of aromatic hydroxyl groups is 1. The van der Waals surface area contributed by atoms with Crippen LogP contribution >= 0.6 is 11.3 Å². The largest absolute Gasteiger partial charge is 0.507 e. The molecule has 120 valence electrons. The van der Waals surface area contributed by atoms with E-state index in [2.05, 4.69) is 5.32 Å². The molecule has 3 N–H and O–H groups in total. The van der Waals surface area contributed by atoms with Gasteiger partial charge in [-0.05, 0) is 30.9 Å². The molecule has 5 heteroatoms. The Balaban J connectivity index is 1.89. The highest BCUT2D eigenvalue weighted by Gasteiger charge is 2.23. The van der Waals surface area contributed by atoms with E-state index in [1.54, 1.807) is 13.0 Å². The fraction of sp³-hybridized carbons (Fsp3) is 0.412. The molecule has 0 saturated heterocycles. The number of hydrogen-bond donors (Lipinski definition) is 3. The summed E-state index contributed by atoms with van der Waals surface area (Å²) < 4.78 is 5.48. The fourth-order valence-corrected chi connectivity index (χ4v) is 2.90. The third-order valence-corrected chi connectivity index (χ3v) is 4.49. The van der Waals surface area contributed by atoms with Gasteiger partial charge in [0.15, 0.2) is 0 Å². The number of thiophene rings is 1. The lowest BCUT2D eigenvalue weighted by Gasteiger charge is -2.22. The Morgan fingerprint density at radius 2 is 2.14 bits per heavy atom. The summed E-state index contributed by atoms with van der Waals surface area (Å²) in [6, 6.07) is 9.17. The monoisotopic (exact) mass is 321 g/mol. The lowest BCUT2D eigenvalue weighted by atomic mass is 10.1. The van der Waals surface area contributed by atoms with Gasteiger partial charge >= 0.3 is 0 Å². The van der Waals surface area contributed by atoms with Gasteiger partial charge in [-0.2, -0.15) is 0 Å². The standard InChI is InChI=1S/C17H23NO3S/c1-3-8-21-14-7-6-13(15(19)10-14)11-18-12-17(2,20)16-5-4-9-22-16/h4-7,9-10,18-20H,3,8,11-12H2,1-2H3. The minimum absolute atomic E-state index is 0.205. The third-order valence-electron chi connectivity index (χ3n) is 3.37. The molecule has 0 radical (unpaired) electrons. The van der Waals surface area contributed by atoms with Gasteiger partial charge in [-0.25, -0.2) is 0 Å². The zero-order valence-corrected chi connectivity index (χ0v) is 13.8. The SMILES string of the molecule is CCCOc1ccc(CNCC(C)(O)c2cccs2)c(O)c1. The number of phenolic OH excluding ortho intramolecular Hbond substituents is 1. The van der Waals surface area contributed by atoms with Crippen molar-refractivity contribution in [3.8, 4) is 11.5 Å². The summed E-state index contributed by atoms with van der Waals surface area (Å²) in [7, 11) is 0. The maximum Gasteiger partial charge on any atom is 0.123 e. The Bertz CT molecular complexity index is 582. The van der Waals surface area contributed by atoms with Gasteiger partial charge in [0.1, 0.15) is 17.1 Å². The highest BCUT2D eigenvalue weighted by Crippen LogP contribution is 2.26. The summed E-state index contributed by atoms with van der Waals surface area (Å²) >= 11 is 1.53. The average Bonchev–Trinajstić information content (AvgIpc) is 3.02. The number of phenols is 1. The topological polar surface area (TPSA) is 61.7 Å². The van der Waals surface area contributed by atoms with Gasteiger partial charge in [-0.1, -0.05) is 19.1 Å². The predicted molar refractivity (Wildman–Crippen MR) is 89.5 cm³/mol. The Morgan fingerprint density at radius 1 is 1.32 bits per heavy atom. The Labute approximate surface area is 135 Å². The van der Waals surface area contributed by atoms with Crippen molar-refractivity contribution >= 4 is 11.3 Å². The molecule has 0 saturated carbocycles. The molecule has 0 bridgehead atoms. The number of benzene rings is 1. The average molecular weight is 321 g/mol. The van der Waals surface area contributed by atoms with Crippen LogP contribution in [0.15, 0.2) is 35.7 Å². The van der Waals surface area contributed by atoms with Crippen LogP contribution in [0.5, 0.6) is 11.5 Å². The molecule has 1 aromatic carbocycles. The van der Waals surface area contributed by atoms with Gasteiger partial charge in [0.2, 0.25) is 0 Å². The second-order valence-electron chi connectivity index (χ2n) is 5.49. The highest BCUT2D eigenvalue weighted by atomic mass is 32.1. The maximum atomic E-state index is 10.4. The molecule has 4 nitrogen and oxygen atoms in total. The molecule has 1 unspecified atom stereocenters. The van der Waals surface area contributed by atoms with Crippen molar-refractivity contribution in [1.82, 2.24) is 5.32 Å². The number of ether oxygens (including phenoxy) is 1. The van der Waals surface area contributed by atoms with Gasteiger partial charge in [0.05, 0.1) is 6.61 Å². The van der Waals surface area contributed by atoms with E-state index < -0.39 is 5.60 Å². The lowest BCUT2D eigenvalue weighted by molar-refractivity contribution is 0.0604. The minimum atomic E-state index is -0.909. The van der Waals surface area contributed by atoms with E-state index in [0.717, 1.165) is 16.9 Å². The maximum absolute atomic E-state index is 10.4. The first-order valence-corrected chi connectivity index (χ1v) is 8.32. The van der Waals surface area contributed by atoms with E-state index in [-0.39, 0.29) is 5.75 Å². The smallest absolute Gasteiger partial charge is 0.123 e. The first kappa shape index (κ1) is 16.8. The van der Waals surface area contributed by atoms with Crippen LogP contribution in [0.3, 0.4) is 0 Å². The van der Waals surface area contributed by atoms with Gasteiger partial charge in [-0.3, -0.25) is 0 Å². The predicted octanol–water partition coefficient (Wildman–Crippen LogP) is 3.24. The van der Waals surface area contributed by atoms with Crippen LogP contribution in [0, 0.1) is 0 Å². The molecule has 1 aromatic heterocycles. The normalized spacial score (nSPS) is 13.8. The summed E-state index contributed by atoms with van der Waals surface area (Å²) in [6.45, 7) is 5.37. The van der Waals surface area contributed by atoms with E-state index in [1.807, 2.05) is 36.6 Å². The molecular weight excluding hydrogens is 298 g/mol. The van der Waals surface area contributed by atoms with Crippen molar-refractivity contribution in [3.63, 3.8) is 0 Å². The Hall–Kier alpha value is -1.56. The molecule has 0 fully saturated rings. The van der Waals surface area contributed by atoms with Crippen LogP contribution in [0.25, 0.3) is 0 Å². The van der Waals surface area contributed by atoms with E-state index in [9.17, 15) is 10.2 Å². The van der Waals surface area contributed by atoms with Crippen molar-refractivity contribution in [1.29, 1.82) is 0 Å². The second kappa shape index (κ2) is 7.63. The van der Waals surface area contributed by atoms with Crippen LogP contribution in [-0.2, 0) is 12.1 Å². The molecule has 2 rings (SSSR count). The minimum Gasteiger partial charge on any atom is -0.507 e. The summed E-state index contributed by atoms with van der Waals surface area (Å²) in [4.78, 5) is 0.924. The lowest BCUT2D eigenvalue weighted by Crippen LogP contribution is -2.34. The zero-order valence-electron chi connectivity index (χ0n) is 13.0. The van der Waals surface area contributed by atoms with Crippen LogP contribution in [0.2, 0.25) is 0 Å². The van der Waals surface area contributed by atoms with E-state index in [0.29, 0.717) is 25.4 Å². The van der Waals surface area contributed by atoms with Gasteiger partial charge in [-0.15, -0.1) is 11.3 Å². The molecule has 0 aliphatic rings. The summed E-state index contributed by atoms with van der Waals surface area (Å²) in [5.74, 6) is 0.880. The molecule has 0 aliphatic heterocycles. The molecule has 0 amide bonds. The molecule has 2 aromatic rings.